The highest BCUT2D eigenvalue weighted by molar-refractivity contribution is 6.18. The van der Waals surface area contributed by atoms with Gasteiger partial charge >= 0.3 is 0 Å². The van der Waals surface area contributed by atoms with Crippen molar-refractivity contribution in [3.05, 3.63) is 18.0 Å². The summed E-state index contributed by atoms with van der Waals surface area (Å²) in [5, 5.41) is 8.25. The van der Waals surface area contributed by atoms with Gasteiger partial charge in [0.05, 0.1) is 11.7 Å². The fourth-order valence-corrected chi connectivity index (χ4v) is 3.64. The van der Waals surface area contributed by atoms with Gasteiger partial charge in [-0.15, -0.1) is 11.6 Å². The van der Waals surface area contributed by atoms with Crippen LogP contribution in [0.1, 0.15) is 64.1 Å². The van der Waals surface area contributed by atoms with Gasteiger partial charge in [-0.3, -0.25) is 4.68 Å². The molecule has 0 amide bonds. The van der Waals surface area contributed by atoms with Crippen LogP contribution in [-0.4, -0.2) is 22.2 Å². The zero-order chi connectivity index (χ0) is 14.4. The SMILES string of the molecule is CCC(CC)n1ccc(CNCC2(CCl)CCCC2)n1. The molecule has 0 aliphatic heterocycles. The predicted octanol–water partition coefficient (Wildman–Crippen LogP) is 4.13. The minimum Gasteiger partial charge on any atom is -0.311 e. The van der Waals surface area contributed by atoms with Crippen molar-refractivity contribution in [2.24, 2.45) is 5.41 Å². The highest BCUT2D eigenvalue weighted by Crippen LogP contribution is 2.38. The standard InChI is InChI=1S/C16H28ClN3/c1-3-15(4-2)20-10-7-14(19-20)11-18-13-16(12-17)8-5-6-9-16/h7,10,15,18H,3-6,8-9,11-13H2,1-2H3. The van der Waals surface area contributed by atoms with Crippen molar-refractivity contribution >= 4 is 11.6 Å². The highest BCUT2D eigenvalue weighted by atomic mass is 35.5. The predicted molar refractivity (Wildman–Crippen MR) is 85.2 cm³/mol. The van der Waals surface area contributed by atoms with Crippen LogP contribution >= 0.6 is 11.6 Å². The molecule has 1 saturated carbocycles. The van der Waals surface area contributed by atoms with Gasteiger partial charge in [0.2, 0.25) is 0 Å². The first-order valence-electron chi connectivity index (χ1n) is 8.03. The largest absolute Gasteiger partial charge is 0.311 e. The van der Waals surface area contributed by atoms with Crippen molar-refractivity contribution in [1.29, 1.82) is 0 Å². The van der Waals surface area contributed by atoms with Crippen molar-refractivity contribution in [2.45, 2.75) is 65.0 Å². The van der Waals surface area contributed by atoms with Gasteiger partial charge in [-0.05, 0) is 37.2 Å². The van der Waals surface area contributed by atoms with Crippen molar-refractivity contribution < 1.29 is 0 Å². The van der Waals surface area contributed by atoms with Crippen molar-refractivity contribution in [1.82, 2.24) is 15.1 Å². The molecule has 0 saturated heterocycles. The number of hydrogen-bond acceptors (Lipinski definition) is 2. The summed E-state index contributed by atoms with van der Waals surface area (Å²) >= 11 is 6.17. The third-order valence-electron chi connectivity index (χ3n) is 4.73. The van der Waals surface area contributed by atoms with Gasteiger partial charge in [0.25, 0.3) is 0 Å². The normalized spacial score (nSPS) is 18.0. The van der Waals surface area contributed by atoms with Crippen LogP contribution in [0.15, 0.2) is 12.3 Å². The second kappa shape index (κ2) is 7.46. The third-order valence-corrected chi connectivity index (χ3v) is 5.30. The highest BCUT2D eigenvalue weighted by Gasteiger charge is 2.32. The van der Waals surface area contributed by atoms with Crippen LogP contribution < -0.4 is 5.32 Å². The van der Waals surface area contributed by atoms with E-state index in [9.17, 15) is 0 Å². The Hall–Kier alpha value is -0.540. The molecular weight excluding hydrogens is 270 g/mol. The minimum absolute atomic E-state index is 0.333. The van der Waals surface area contributed by atoms with E-state index in [-0.39, 0.29) is 0 Å². The Morgan fingerprint density at radius 2 is 2.05 bits per heavy atom. The summed E-state index contributed by atoms with van der Waals surface area (Å²) in [7, 11) is 0. The molecule has 1 aliphatic carbocycles. The molecule has 1 heterocycles. The van der Waals surface area contributed by atoms with E-state index in [1.165, 1.54) is 25.7 Å². The van der Waals surface area contributed by atoms with Crippen molar-refractivity contribution in [3.63, 3.8) is 0 Å². The van der Waals surface area contributed by atoms with Crippen LogP contribution in [0.5, 0.6) is 0 Å². The summed E-state index contributed by atoms with van der Waals surface area (Å²) < 4.78 is 2.11. The lowest BCUT2D eigenvalue weighted by molar-refractivity contribution is 0.319. The summed E-state index contributed by atoms with van der Waals surface area (Å²) in [6.07, 6.45) is 9.59. The Morgan fingerprint density at radius 1 is 1.35 bits per heavy atom. The molecule has 0 unspecified atom stereocenters. The van der Waals surface area contributed by atoms with E-state index in [0.717, 1.165) is 37.5 Å². The van der Waals surface area contributed by atoms with E-state index in [1.54, 1.807) is 0 Å². The molecule has 1 aliphatic rings. The molecule has 2 rings (SSSR count). The molecule has 4 heteroatoms. The van der Waals surface area contributed by atoms with Crippen LogP contribution in [-0.2, 0) is 6.54 Å². The lowest BCUT2D eigenvalue weighted by Gasteiger charge is -2.26. The molecule has 1 N–H and O–H groups in total. The zero-order valence-electron chi connectivity index (χ0n) is 12.9. The van der Waals surface area contributed by atoms with Gasteiger partial charge in [-0.25, -0.2) is 0 Å². The third kappa shape index (κ3) is 3.76. The van der Waals surface area contributed by atoms with Crippen molar-refractivity contribution in [2.75, 3.05) is 12.4 Å². The average molecular weight is 298 g/mol. The number of halogens is 1. The van der Waals surface area contributed by atoms with Crippen LogP contribution in [0.2, 0.25) is 0 Å². The van der Waals surface area contributed by atoms with Gasteiger partial charge in [0, 0.05) is 25.2 Å². The lowest BCUT2D eigenvalue weighted by Crippen LogP contribution is -2.33. The maximum Gasteiger partial charge on any atom is 0.0762 e. The molecule has 1 aromatic rings. The summed E-state index contributed by atoms with van der Waals surface area (Å²) in [4.78, 5) is 0. The molecule has 0 atom stereocenters. The van der Waals surface area contributed by atoms with E-state index in [1.807, 2.05) is 0 Å². The Morgan fingerprint density at radius 3 is 2.65 bits per heavy atom. The Balaban J connectivity index is 1.82. The first kappa shape index (κ1) is 15.8. The first-order chi connectivity index (χ1) is 9.73. The van der Waals surface area contributed by atoms with E-state index in [0.29, 0.717) is 11.5 Å². The van der Waals surface area contributed by atoms with E-state index < -0.39 is 0 Å². The number of alkyl halides is 1. The molecule has 114 valence electrons. The summed E-state index contributed by atoms with van der Waals surface area (Å²) in [6.45, 7) is 6.32. The molecule has 3 nitrogen and oxygen atoms in total. The van der Waals surface area contributed by atoms with Crippen LogP contribution in [0.4, 0.5) is 0 Å². The average Bonchev–Trinajstić information content (AvgIpc) is 3.11. The number of hydrogen-bond donors (Lipinski definition) is 1. The topological polar surface area (TPSA) is 29.9 Å². The molecule has 0 radical (unpaired) electrons. The van der Waals surface area contributed by atoms with Crippen LogP contribution in [0, 0.1) is 5.41 Å². The van der Waals surface area contributed by atoms with Crippen LogP contribution in [0.25, 0.3) is 0 Å². The maximum absolute atomic E-state index is 6.17. The molecular formula is C16H28ClN3. The summed E-state index contributed by atoms with van der Waals surface area (Å²) in [5.41, 5.74) is 1.47. The molecule has 0 aromatic carbocycles. The summed E-state index contributed by atoms with van der Waals surface area (Å²) in [5.74, 6) is 0.780. The van der Waals surface area contributed by atoms with Gasteiger partial charge in [-0.1, -0.05) is 26.7 Å². The molecule has 0 bridgehead atoms. The maximum atomic E-state index is 6.17. The number of nitrogens with one attached hydrogen (secondary N) is 1. The van der Waals surface area contributed by atoms with Gasteiger partial charge < -0.3 is 5.32 Å². The lowest BCUT2D eigenvalue weighted by atomic mass is 9.88. The monoisotopic (exact) mass is 297 g/mol. The van der Waals surface area contributed by atoms with Gasteiger partial charge in [0.15, 0.2) is 0 Å². The Kier molecular flexibility index (Phi) is 5.91. The quantitative estimate of drug-likeness (QED) is 0.731. The second-order valence-electron chi connectivity index (χ2n) is 6.20. The van der Waals surface area contributed by atoms with Crippen LogP contribution in [0.3, 0.4) is 0 Å². The number of aromatic nitrogens is 2. The fraction of sp³-hybridized carbons (Fsp3) is 0.812. The summed E-state index contributed by atoms with van der Waals surface area (Å²) in [6, 6.07) is 2.67. The second-order valence-corrected chi connectivity index (χ2v) is 6.47. The van der Waals surface area contributed by atoms with E-state index in [2.05, 4.69) is 41.2 Å². The fourth-order valence-electron chi connectivity index (χ4n) is 3.28. The minimum atomic E-state index is 0.333. The molecule has 1 fully saturated rings. The molecule has 20 heavy (non-hydrogen) atoms. The zero-order valence-corrected chi connectivity index (χ0v) is 13.6. The molecule has 0 spiro atoms. The van der Waals surface area contributed by atoms with Gasteiger partial charge in [0.1, 0.15) is 0 Å². The Bertz CT molecular complexity index is 392. The number of rotatable bonds is 8. The smallest absolute Gasteiger partial charge is 0.0762 e. The van der Waals surface area contributed by atoms with Crippen molar-refractivity contribution in [3.8, 4) is 0 Å². The van der Waals surface area contributed by atoms with E-state index in [4.69, 9.17) is 11.6 Å². The van der Waals surface area contributed by atoms with Gasteiger partial charge in [-0.2, -0.15) is 5.10 Å². The number of nitrogens with zero attached hydrogens (tertiary/aromatic N) is 2. The van der Waals surface area contributed by atoms with E-state index >= 15 is 0 Å². The Labute approximate surface area is 128 Å². The first-order valence-corrected chi connectivity index (χ1v) is 8.57. The molecule has 1 aromatic heterocycles.